The summed E-state index contributed by atoms with van der Waals surface area (Å²) in [4.78, 5) is 6.77. The van der Waals surface area contributed by atoms with Gasteiger partial charge in [0.15, 0.2) is 5.96 Å². The van der Waals surface area contributed by atoms with Crippen LogP contribution >= 0.6 is 0 Å². The summed E-state index contributed by atoms with van der Waals surface area (Å²) in [5.74, 6) is 0.676. The molecule has 9 heteroatoms. The zero-order chi connectivity index (χ0) is 17.4. The van der Waals surface area contributed by atoms with Gasteiger partial charge in [-0.15, -0.1) is 0 Å². The average molecular weight is 362 g/mol. The molecule has 2 atom stereocenters. The largest absolute Gasteiger partial charge is 0.379 e. The Labute approximate surface area is 145 Å². The highest BCUT2D eigenvalue weighted by molar-refractivity contribution is 7.88. The molecule has 0 aromatic heterocycles. The number of nitrogens with zero attached hydrogens (tertiary/aromatic N) is 2. The summed E-state index contributed by atoms with van der Waals surface area (Å²) in [5, 5.41) is 3.14. The van der Waals surface area contributed by atoms with E-state index in [4.69, 9.17) is 10.5 Å². The maximum absolute atomic E-state index is 11.4. The summed E-state index contributed by atoms with van der Waals surface area (Å²) in [6.07, 6.45) is 5.11. The van der Waals surface area contributed by atoms with E-state index in [-0.39, 0.29) is 12.0 Å². The highest BCUT2D eigenvalue weighted by atomic mass is 32.2. The lowest BCUT2D eigenvalue weighted by Gasteiger charge is -2.26. The molecule has 1 aliphatic carbocycles. The molecule has 0 spiro atoms. The molecule has 0 aromatic rings. The van der Waals surface area contributed by atoms with Crippen molar-refractivity contribution in [2.75, 3.05) is 52.2 Å². The van der Waals surface area contributed by atoms with E-state index in [2.05, 4.69) is 19.9 Å². The van der Waals surface area contributed by atoms with Crippen molar-refractivity contribution in [1.29, 1.82) is 0 Å². The Kier molecular flexibility index (Phi) is 7.73. The van der Waals surface area contributed by atoms with E-state index in [1.807, 2.05) is 0 Å². The van der Waals surface area contributed by atoms with Crippen molar-refractivity contribution in [1.82, 2.24) is 14.9 Å². The van der Waals surface area contributed by atoms with E-state index in [1.54, 1.807) is 0 Å². The van der Waals surface area contributed by atoms with Gasteiger partial charge in [0.25, 0.3) is 0 Å². The number of morpholine rings is 1. The van der Waals surface area contributed by atoms with Crippen LogP contribution in [0.4, 0.5) is 0 Å². The molecule has 2 rings (SSSR count). The van der Waals surface area contributed by atoms with Crippen molar-refractivity contribution < 1.29 is 13.2 Å². The third kappa shape index (κ3) is 7.33. The van der Waals surface area contributed by atoms with E-state index in [0.29, 0.717) is 12.5 Å². The lowest BCUT2D eigenvalue weighted by Crippen LogP contribution is -2.40. The monoisotopic (exact) mass is 361 g/mol. The van der Waals surface area contributed by atoms with Gasteiger partial charge in [0.1, 0.15) is 0 Å². The van der Waals surface area contributed by atoms with Gasteiger partial charge in [-0.05, 0) is 31.7 Å². The third-order valence-corrected chi connectivity index (χ3v) is 5.31. The second-order valence-electron chi connectivity index (χ2n) is 6.65. The quantitative estimate of drug-likeness (QED) is 0.301. The number of ether oxygens (including phenoxy) is 1. The highest BCUT2D eigenvalue weighted by Gasteiger charge is 2.29. The first-order chi connectivity index (χ1) is 11.4. The molecule has 2 aliphatic rings. The number of guanidine groups is 1. The second kappa shape index (κ2) is 9.55. The predicted octanol–water partition coefficient (Wildman–Crippen LogP) is -0.669. The highest BCUT2D eigenvalue weighted by Crippen LogP contribution is 2.26. The van der Waals surface area contributed by atoms with Gasteiger partial charge in [-0.25, -0.2) is 13.1 Å². The first-order valence-electron chi connectivity index (χ1n) is 8.75. The number of aliphatic imine (C=N–C) groups is 1. The maximum Gasteiger partial charge on any atom is 0.208 e. The van der Waals surface area contributed by atoms with Crippen LogP contribution in [0.2, 0.25) is 0 Å². The van der Waals surface area contributed by atoms with Crippen molar-refractivity contribution in [3.05, 3.63) is 0 Å². The molecule has 0 radical (unpaired) electrons. The molecule has 0 aromatic carbocycles. The molecule has 24 heavy (non-hydrogen) atoms. The first-order valence-corrected chi connectivity index (χ1v) is 10.6. The van der Waals surface area contributed by atoms with Crippen molar-refractivity contribution in [2.24, 2.45) is 16.6 Å². The minimum atomic E-state index is -3.17. The predicted molar refractivity (Wildman–Crippen MR) is 95.5 cm³/mol. The van der Waals surface area contributed by atoms with Crippen molar-refractivity contribution in [2.45, 2.75) is 31.7 Å². The Balaban J connectivity index is 1.63. The molecular formula is C15H31N5O3S. The number of hydrogen-bond acceptors (Lipinski definition) is 5. The summed E-state index contributed by atoms with van der Waals surface area (Å²) in [5.41, 5.74) is 5.91. The van der Waals surface area contributed by atoms with Crippen LogP contribution in [0.25, 0.3) is 0 Å². The van der Waals surface area contributed by atoms with Crippen molar-refractivity contribution in [3.8, 4) is 0 Å². The zero-order valence-corrected chi connectivity index (χ0v) is 15.4. The van der Waals surface area contributed by atoms with Crippen LogP contribution in [-0.4, -0.2) is 77.5 Å². The van der Waals surface area contributed by atoms with Crippen LogP contribution in [0.5, 0.6) is 0 Å². The SMILES string of the molecule is CS(=O)(=O)NC1CCCC1CN=C(N)NCCCN1CCOCC1. The Hall–Kier alpha value is -0.900. The molecule has 0 amide bonds. The summed E-state index contributed by atoms with van der Waals surface area (Å²) in [6.45, 7) is 6.03. The number of sulfonamides is 1. The lowest BCUT2D eigenvalue weighted by atomic mass is 10.1. The number of rotatable bonds is 8. The van der Waals surface area contributed by atoms with Crippen molar-refractivity contribution in [3.63, 3.8) is 0 Å². The zero-order valence-electron chi connectivity index (χ0n) is 14.5. The van der Waals surface area contributed by atoms with E-state index in [0.717, 1.165) is 65.1 Å². The lowest BCUT2D eigenvalue weighted by molar-refractivity contribution is 0.0376. The topological polar surface area (TPSA) is 109 Å². The fourth-order valence-corrected chi connectivity index (χ4v) is 4.16. The minimum absolute atomic E-state index is 0.0159. The molecule has 1 saturated carbocycles. The van der Waals surface area contributed by atoms with E-state index in [9.17, 15) is 8.42 Å². The molecule has 2 fully saturated rings. The van der Waals surface area contributed by atoms with Gasteiger partial charge in [0, 0.05) is 32.2 Å². The molecule has 1 heterocycles. The summed E-state index contributed by atoms with van der Waals surface area (Å²) >= 11 is 0. The van der Waals surface area contributed by atoms with E-state index < -0.39 is 10.0 Å². The second-order valence-corrected chi connectivity index (χ2v) is 8.43. The van der Waals surface area contributed by atoms with Crippen LogP contribution < -0.4 is 15.8 Å². The van der Waals surface area contributed by atoms with E-state index >= 15 is 0 Å². The fourth-order valence-electron chi connectivity index (χ4n) is 3.30. The van der Waals surface area contributed by atoms with Crippen LogP contribution in [0, 0.1) is 5.92 Å². The molecule has 140 valence electrons. The Morgan fingerprint density at radius 3 is 2.79 bits per heavy atom. The standard InChI is InChI=1S/C15H31N5O3S/c1-24(21,22)19-14-5-2-4-13(14)12-18-15(16)17-6-3-7-20-8-10-23-11-9-20/h13-14,19H,2-12H2,1H3,(H3,16,17,18). The molecule has 8 nitrogen and oxygen atoms in total. The van der Waals surface area contributed by atoms with Crippen LogP contribution in [-0.2, 0) is 14.8 Å². The smallest absolute Gasteiger partial charge is 0.208 e. The van der Waals surface area contributed by atoms with Gasteiger partial charge in [-0.1, -0.05) is 6.42 Å². The number of hydrogen-bond donors (Lipinski definition) is 3. The fraction of sp³-hybridized carbons (Fsp3) is 0.933. The molecule has 2 unspecified atom stereocenters. The van der Waals surface area contributed by atoms with Crippen LogP contribution in [0.1, 0.15) is 25.7 Å². The molecule has 1 saturated heterocycles. The van der Waals surface area contributed by atoms with E-state index in [1.165, 1.54) is 6.26 Å². The molecule has 1 aliphatic heterocycles. The Morgan fingerprint density at radius 2 is 2.08 bits per heavy atom. The number of nitrogens with one attached hydrogen (secondary N) is 2. The maximum atomic E-state index is 11.4. The van der Waals surface area contributed by atoms with Gasteiger partial charge < -0.3 is 15.8 Å². The molecule has 4 N–H and O–H groups in total. The van der Waals surface area contributed by atoms with Gasteiger partial charge in [-0.3, -0.25) is 9.89 Å². The van der Waals surface area contributed by atoms with Gasteiger partial charge in [0.2, 0.25) is 10.0 Å². The van der Waals surface area contributed by atoms with Crippen molar-refractivity contribution >= 4 is 16.0 Å². The first kappa shape index (κ1) is 19.4. The normalized spacial score (nSPS) is 26.6. The Bertz CT molecular complexity index is 505. The summed E-state index contributed by atoms with van der Waals surface area (Å²) in [6, 6.07) is -0.0159. The average Bonchev–Trinajstić information content (AvgIpc) is 2.96. The minimum Gasteiger partial charge on any atom is -0.379 e. The molecule has 0 bridgehead atoms. The van der Waals surface area contributed by atoms with Gasteiger partial charge in [-0.2, -0.15) is 0 Å². The van der Waals surface area contributed by atoms with Gasteiger partial charge in [0.05, 0.1) is 19.5 Å². The third-order valence-electron chi connectivity index (χ3n) is 4.58. The Morgan fingerprint density at radius 1 is 1.33 bits per heavy atom. The van der Waals surface area contributed by atoms with Crippen LogP contribution in [0.15, 0.2) is 4.99 Å². The number of nitrogens with two attached hydrogens (primary N) is 1. The van der Waals surface area contributed by atoms with Gasteiger partial charge >= 0.3 is 0 Å². The summed E-state index contributed by atoms with van der Waals surface area (Å²) in [7, 11) is -3.17. The molecular weight excluding hydrogens is 330 g/mol. The van der Waals surface area contributed by atoms with Crippen LogP contribution in [0.3, 0.4) is 0 Å². The summed E-state index contributed by atoms with van der Waals surface area (Å²) < 4.78 is 30.8.